The number of ether oxygens (including phenoxy) is 1. The summed E-state index contributed by atoms with van der Waals surface area (Å²) in [6.45, 7) is -0.238. The summed E-state index contributed by atoms with van der Waals surface area (Å²) < 4.78 is 32.4. The maximum Gasteiger partial charge on any atom is 0.223 e. The Morgan fingerprint density at radius 3 is 2.64 bits per heavy atom. The molecule has 25 heavy (non-hydrogen) atoms. The summed E-state index contributed by atoms with van der Waals surface area (Å²) in [7, 11) is 1.58. The highest BCUT2D eigenvalue weighted by atomic mass is 19.1. The van der Waals surface area contributed by atoms with Crippen molar-refractivity contribution < 1.29 is 23.4 Å². The number of hydrogen-bond donors (Lipinski definition) is 2. The smallest absolute Gasteiger partial charge is 0.223 e. The van der Waals surface area contributed by atoms with Crippen molar-refractivity contribution in [3.05, 3.63) is 65.2 Å². The minimum Gasteiger partial charge on any atom is -0.497 e. The van der Waals surface area contributed by atoms with Gasteiger partial charge in [-0.15, -0.1) is 0 Å². The zero-order valence-corrected chi connectivity index (χ0v) is 13.7. The Bertz CT molecular complexity index is 761. The molecule has 6 heteroatoms. The van der Waals surface area contributed by atoms with Crippen LogP contribution in [0.3, 0.4) is 0 Å². The Labute approximate surface area is 144 Å². The highest BCUT2D eigenvalue weighted by molar-refractivity contribution is 5.83. The van der Waals surface area contributed by atoms with Gasteiger partial charge in [0.25, 0.3) is 0 Å². The zero-order chi connectivity index (χ0) is 18.0. The molecule has 3 atom stereocenters. The molecule has 2 N–H and O–H groups in total. The molecule has 2 aromatic carbocycles. The number of carbonyl (C=O) groups excluding carboxylic acids is 1. The van der Waals surface area contributed by atoms with Gasteiger partial charge in [0.15, 0.2) is 0 Å². The third kappa shape index (κ3) is 3.79. The number of aliphatic hydroxyl groups excluding tert-OH is 1. The van der Waals surface area contributed by atoms with E-state index in [1.807, 2.05) is 24.3 Å². The van der Waals surface area contributed by atoms with Crippen molar-refractivity contribution in [2.75, 3.05) is 13.7 Å². The SMILES string of the molecule is COc1cccc(C2CC2C(=O)NCC(O)c2c(F)cccc2F)c1. The first-order valence-corrected chi connectivity index (χ1v) is 8.05. The molecule has 2 aromatic rings. The lowest BCUT2D eigenvalue weighted by Gasteiger charge is -2.14. The largest absolute Gasteiger partial charge is 0.497 e. The normalized spacial score (nSPS) is 20.0. The van der Waals surface area contributed by atoms with E-state index in [2.05, 4.69) is 5.32 Å². The first-order valence-electron chi connectivity index (χ1n) is 8.05. The molecule has 0 bridgehead atoms. The van der Waals surface area contributed by atoms with E-state index >= 15 is 0 Å². The van der Waals surface area contributed by atoms with E-state index in [1.165, 1.54) is 6.07 Å². The second kappa shape index (κ2) is 7.19. The number of nitrogens with one attached hydrogen (secondary N) is 1. The van der Waals surface area contributed by atoms with Crippen LogP contribution in [0.5, 0.6) is 5.75 Å². The van der Waals surface area contributed by atoms with E-state index in [4.69, 9.17) is 4.74 Å². The van der Waals surface area contributed by atoms with Crippen LogP contribution in [0.15, 0.2) is 42.5 Å². The number of amides is 1. The molecule has 0 spiro atoms. The Kier molecular flexibility index (Phi) is 4.99. The topological polar surface area (TPSA) is 58.6 Å². The van der Waals surface area contributed by atoms with Gasteiger partial charge in [-0.25, -0.2) is 8.78 Å². The molecule has 1 amide bonds. The van der Waals surface area contributed by atoms with Crippen molar-refractivity contribution in [3.63, 3.8) is 0 Å². The number of hydrogen-bond acceptors (Lipinski definition) is 3. The van der Waals surface area contributed by atoms with Crippen LogP contribution in [0.4, 0.5) is 8.78 Å². The number of methoxy groups -OCH3 is 1. The molecule has 132 valence electrons. The molecular weight excluding hydrogens is 328 g/mol. The van der Waals surface area contributed by atoms with Crippen LogP contribution < -0.4 is 10.1 Å². The number of rotatable bonds is 6. The van der Waals surface area contributed by atoms with Gasteiger partial charge >= 0.3 is 0 Å². The van der Waals surface area contributed by atoms with Crippen LogP contribution in [0.25, 0.3) is 0 Å². The molecule has 4 nitrogen and oxygen atoms in total. The quantitative estimate of drug-likeness (QED) is 0.845. The summed E-state index contributed by atoms with van der Waals surface area (Å²) in [5, 5.41) is 12.5. The molecule has 0 heterocycles. The monoisotopic (exact) mass is 347 g/mol. The van der Waals surface area contributed by atoms with Gasteiger partial charge in [0.1, 0.15) is 23.5 Å². The fraction of sp³-hybridized carbons (Fsp3) is 0.316. The van der Waals surface area contributed by atoms with Crippen LogP contribution in [-0.4, -0.2) is 24.7 Å². The van der Waals surface area contributed by atoms with E-state index in [1.54, 1.807) is 7.11 Å². The number of aliphatic hydroxyl groups is 1. The van der Waals surface area contributed by atoms with Gasteiger partial charge in [0, 0.05) is 12.5 Å². The van der Waals surface area contributed by atoms with Gasteiger partial charge in [-0.1, -0.05) is 18.2 Å². The van der Waals surface area contributed by atoms with E-state index in [-0.39, 0.29) is 24.3 Å². The molecule has 0 saturated heterocycles. The van der Waals surface area contributed by atoms with E-state index in [9.17, 15) is 18.7 Å². The maximum atomic E-state index is 13.6. The van der Waals surface area contributed by atoms with Crippen molar-refractivity contribution in [1.29, 1.82) is 0 Å². The maximum absolute atomic E-state index is 13.6. The molecule has 0 aromatic heterocycles. The average Bonchev–Trinajstić information content (AvgIpc) is 3.40. The van der Waals surface area contributed by atoms with Gasteiger partial charge in [0.2, 0.25) is 5.91 Å². The van der Waals surface area contributed by atoms with Crippen LogP contribution in [-0.2, 0) is 4.79 Å². The Balaban J connectivity index is 1.57. The Hall–Kier alpha value is -2.47. The van der Waals surface area contributed by atoms with Gasteiger partial charge in [-0.2, -0.15) is 0 Å². The summed E-state index contributed by atoms with van der Waals surface area (Å²) in [6, 6.07) is 10.9. The molecule has 0 aliphatic heterocycles. The lowest BCUT2D eigenvalue weighted by molar-refractivity contribution is -0.122. The average molecular weight is 347 g/mol. The number of benzene rings is 2. The predicted octanol–water partition coefficient (Wildman–Crippen LogP) is 2.93. The first-order chi connectivity index (χ1) is 12.0. The van der Waals surface area contributed by atoms with Crippen LogP contribution in [0, 0.1) is 17.6 Å². The molecule has 1 aliphatic rings. The van der Waals surface area contributed by atoms with Crippen molar-refractivity contribution in [2.45, 2.75) is 18.4 Å². The second-order valence-corrected chi connectivity index (χ2v) is 6.12. The van der Waals surface area contributed by atoms with Gasteiger partial charge in [-0.3, -0.25) is 4.79 Å². The molecule has 3 unspecified atom stereocenters. The zero-order valence-electron chi connectivity index (χ0n) is 13.7. The summed E-state index contributed by atoms with van der Waals surface area (Å²) in [5.74, 6) is -1.27. The lowest BCUT2D eigenvalue weighted by Crippen LogP contribution is -2.30. The first kappa shape index (κ1) is 17.4. The molecule has 3 rings (SSSR count). The highest BCUT2D eigenvalue weighted by Crippen LogP contribution is 2.48. The van der Waals surface area contributed by atoms with Crippen molar-refractivity contribution >= 4 is 5.91 Å². The van der Waals surface area contributed by atoms with Crippen LogP contribution in [0.1, 0.15) is 29.6 Å². The number of halogens is 2. The minimum absolute atomic E-state index is 0.0949. The fourth-order valence-electron chi connectivity index (χ4n) is 2.98. The molecular formula is C19H19F2NO3. The molecule has 1 fully saturated rings. The highest BCUT2D eigenvalue weighted by Gasteiger charge is 2.44. The lowest BCUT2D eigenvalue weighted by atomic mass is 10.1. The van der Waals surface area contributed by atoms with E-state index < -0.39 is 23.3 Å². The Morgan fingerprint density at radius 1 is 1.28 bits per heavy atom. The molecule has 1 aliphatic carbocycles. The summed E-state index contributed by atoms with van der Waals surface area (Å²) in [4.78, 5) is 12.2. The summed E-state index contributed by atoms with van der Waals surface area (Å²) in [5.41, 5.74) is 0.586. The minimum atomic E-state index is -1.43. The molecule has 1 saturated carbocycles. The van der Waals surface area contributed by atoms with Crippen molar-refractivity contribution in [2.24, 2.45) is 5.92 Å². The van der Waals surface area contributed by atoms with E-state index in [0.29, 0.717) is 6.42 Å². The van der Waals surface area contributed by atoms with Crippen molar-refractivity contribution in [3.8, 4) is 5.75 Å². The van der Waals surface area contributed by atoms with Gasteiger partial charge in [0.05, 0.1) is 12.7 Å². The van der Waals surface area contributed by atoms with Crippen molar-refractivity contribution in [1.82, 2.24) is 5.32 Å². The Morgan fingerprint density at radius 2 is 1.96 bits per heavy atom. The fourth-order valence-corrected chi connectivity index (χ4v) is 2.98. The van der Waals surface area contributed by atoms with Crippen LogP contribution in [0.2, 0.25) is 0 Å². The van der Waals surface area contributed by atoms with Gasteiger partial charge in [-0.05, 0) is 42.2 Å². The summed E-state index contributed by atoms with van der Waals surface area (Å²) >= 11 is 0. The summed E-state index contributed by atoms with van der Waals surface area (Å²) in [6.07, 6.45) is -0.734. The number of carbonyl (C=O) groups is 1. The van der Waals surface area contributed by atoms with Crippen LogP contribution >= 0.6 is 0 Å². The second-order valence-electron chi connectivity index (χ2n) is 6.12. The predicted molar refractivity (Wildman–Crippen MR) is 88.2 cm³/mol. The standard InChI is InChI=1S/C19H19F2NO3/c1-25-12-5-2-4-11(8-12)13-9-14(13)19(24)22-10-17(23)18-15(20)6-3-7-16(18)21/h2-8,13-14,17,23H,9-10H2,1H3,(H,22,24). The third-order valence-corrected chi connectivity index (χ3v) is 4.45. The van der Waals surface area contributed by atoms with E-state index in [0.717, 1.165) is 23.4 Å². The van der Waals surface area contributed by atoms with Gasteiger partial charge < -0.3 is 15.2 Å². The third-order valence-electron chi connectivity index (χ3n) is 4.45. The molecule has 0 radical (unpaired) electrons.